The van der Waals surface area contributed by atoms with Gasteiger partial charge in [0, 0.05) is 22.3 Å². The Kier molecular flexibility index (Phi) is 6.81. The van der Waals surface area contributed by atoms with Crippen LogP contribution in [0.25, 0.3) is 33.4 Å². The van der Waals surface area contributed by atoms with Crippen LogP contribution in [0.1, 0.15) is 33.4 Å². The molecule has 45 heavy (non-hydrogen) atoms. The minimum absolute atomic E-state index is 0.0365. The molecule has 0 bridgehead atoms. The second-order valence-electron chi connectivity index (χ2n) is 11.6. The van der Waals surface area contributed by atoms with Crippen molar-refractivity contribution in [1.82, 2.24) is 0 Å². The second kappa shape index (κ2) is 11.4. The summed E-state index contributed by atoms with van der Waals surface area (Å²) in [6.45, 7) is 0. The van der Waals surface area contributed by atoms with Crippen LogP contribution in [0.4, 0.5) is 0 Å². The Morgan fingerprint density at radius 3 is 1.20 bits per heavy atom. The number of hydrogen-bond acceptors (Lipinski definition) is 2. The van der Waals surface area contributed by atoms with Gasteiger partial charge in [-0.3, -0.25) is 4.79 Å². The highest BCUT2D eigenvalue weighted by molar-refractivity contribution is 6.59. The number of ketones is 1. The van der Waals surface area contributed by atoms with Gasteiger partial charge in [0.2, 0.25) is 0 Å². The lowest BCUT2D eigenvalue weighted by Gasteiger charge is -2.19. The highest BCUT2D eigenvalue weighted by atomic mass is 16.5. The smallest absolute Gasteiger partial charge is 0.195 e. The maximum absolute atomic E-state index is 14.4. The van der Waals surface area contributed by atoms with Gasteiger partial charge in [-0.15, -0.1) is 0 Å². The summed E-state index contributed by atoms with van der Waals surface area (Å²) in [7, 11) is 0. The molecule has 2 aliphatic carbocycles. The van der Waals surface area contributed by atoms with Gasteiger partial charge in [0.25, 0.3) is 0 Å². The predicted molar refractivity (Wildman–Crippen MR) is 184 cm³/mol. The molecule has 0 spiro atoms. The Morgan fingerprint density at radius 1 is 0.356 bits per heavy atom. The molecule has 8 rings (SSSR count). The molecule has 0 aliphatic heterocycles. The molecule has 2 heteroatoms. The van der Waals surface area contributed by atoms with Gasteiger partial charge in [-0.1, -0.05) is 133 Å². The van der Waals surface area contributed by atoms with Crippen molar-refractivity contribution in [2.24, 2.45) is 0 Å². The molecule has 0 unspecified atom stereocenters. The SMILES string of the molecule is O=C1C(c2ccccc2)=C(c2ccccc2)C(c2ccc(Oc3ccc(-c4ccc5c(c4)CC5)cc3)cc2)=C1c1ccccc1. The van der Waals surface area contributed by atoms with Gasteiger partial charge >= 0.3 is 0 Å². The molecular weight excluding hydrogens is 548 g/mol. The topological polar surface area (TPSA) is 26.3 Å². The summed E-state index contributed by atoms with van der Waals surface area (Å²) in [6.07, 6.45) is 2.37. The fourth-order valence-electron chi connectivity index (χ4n) is 6.46. The van der Waals surface area contributed by atoms with Crippen LogP contribution in [-0.4, -0.2) is 5.78 Å². The van der Waals surface area contributed by atoms with E-state index in [0.717, 1.165) is 50.5 Å². The van der Waals surface area contributed by atoms with Gasteiger partial charge in [0.05, 0.1) is 0 Å². The first-order chi connectivity index (χ1) is 22.2. The molecule has 214 valence electrons. The van der Waals surface area contributed by atoms with Gasteiger partial charge in [-0.2, -0.15) is 0 Å². The number of aryl methyl sites for hydroxylation is 2. The van der Waals surface area contributed by atoms with Gasteiger partial charge in [0.15, 0.2) is 5.78 Å². The second-order valence-corrected chi connectivity index (χ2v) is 11.6. The number of fused-ring (bicyclic) bond motifs is 1. The van der Waals surface area contributed by atoms with Crippen molar-refractivity contribution in [3.05, 3.63) is 191 Å². The van der Waals surface area contributed by atoms with E-state index in [9.17, 15) is 4.79 Å². The lowest BCUT2D eigenvalue weighted by Crippen LogP contribution is -2.07. The van der Waals surface area contributed by atoms with Crippen molar-refractivity contribution in [2.45, 2.75) is 12.8 Å². The average molecular weight is 579 g/mol. The lowest BCUT2D eigenvalue weighted by atomic mass is 9.86. The Balaban J connectivity index is 1.17. The van der Waals surface area contributed by atoms with Crippen LogP contribution in [0, 0.1) is 0 Å². The fourth-order valence-corrected chi connectivity index (χ4v) is 6.46. The van der Waals surface area contributed by atoms with Crippen LogP contribution in [0.5, 0.6) is 11.5 Å². The first-order valence-electron chi connectivity index (χ1n) is 15.4. The largest absolute Gasteiger partial charge is 0.457 e. The van der Waals surface area contributed by atoms with E-state index >= 15 is 0 Å². The van der Waals surface area contributed by atoms with Gasteiger partial charge in [-0.25, -0.2) is 0 Å². The molecule has 0 aromatic heterocycles. The summed E-state index contributed by atoms with van der Waals surface area (Å²) in [4.78, 5) is 14.4. The molecule has 6 aromatic carbocycles. The van der Waals surface area contributed by atoms with Crippen molar-refractivity contribution < 1.29 is 9.53 Å². The standard InChI is InChI=1S/C43H30O2/c44-43-41(32-12-6-2-7-13-32)39(31-10-4-1-5-11-31)40(42(43)33-14-8-3-9-15-33)34-22-26-38(27-23-34)45-37-24-20-30(21-25-37)36-19-17-29-16-18-35(29)28-36/h1-15,17,19-28H,16,18H2. The maximum Gasteiger partial charge on any atom is 0.195 e. The first kappa shape index (κ1) is 26.9. The number of rotatable bonds is 7. The van der Waals surface area contributed by atoms with E-state index in [1.54, 1.807) is 0 Å². The van der Waals surface area contributed by atoms with E-state index < -0.39 is 0 Å². The summed E-state index contributed by atoms with van der Waals surface area (Å²) < 4.78 is 6.28. The zero-order valence-electron chi connectivity index (χ0n) is 24.7. The predicted octanol–water partition coefficient (Wildman–Crippen LogP) is 10.3. The Hall–Kier alpha value is -5.73. The molecule has 0 N–H and O–H groups in total. The Morgan fingerprint density at radius 2 is 0.756 bits per heavy atom. The van der Waals surface area contributed by atoms with Crippen molar-refractivity contribution in [3.63, 3.8) is 0 Å². The van der Waals surface area contributed by atoms with Crippen LogP contribution in [0.15, 0.2) is 158 Å². The first-order valence-corrected chi connectivity index (χ1v) is 15.4. The van der Waals surface area contributed by atoms with Crippen LogP contribution < -0.4 is 4.74 Å². The summed E-state index contributed by atoms with van der Waals surface area (Å²) in [6, 6.07) is 53.4. The molecule has 0 saturated heterocycles. The van der Waals surface area contributed by atoms with E-state index in [0.29, 0.717) is 5.57 Å². The molecule has 0 saturated carbocycles. The minimum Gasteiger partial charge on any atom is -0.457 e. The number of carbonyl (C=O) groups excluding carboxylic acids is 1. The van der Waals surface area contributed by atoms with Gasteiger partial charge in [0.1, 0.15) is 11.5 Å². The maximum atomic E-state index is 14.4. The molecule has 0 atom stereocenters. The number of ether oxygens (including phenoxy) is 1. The Labute approximate surface area is 263 Å². The number of Topliss-reactive ketones (excluding diaryl/α,β-unsaturated/α-hetero) is 1. The molecule has 2 nitrogen and oxygen atoms in total. The summed E-state index contributed by atoms with van der Waals surface area (Å²) >= 11 is 0. The third-order valence-corrected chi connectivity index (χ3v) is 8.83. The van der Waals surface area contributed by atoms with Crippen LogP contribution in [0.3, 0.4) is 0 Å². The number of carbonyl (C=O) groups is 1. The van der Waals surface area contributed by atoms with Crippen molar-refractivity contribution in [3.8, 4) is 22.6 Å². The van der Waals surface area contributed by atoms with Crippen molar-refractivity contribution in [1.29, 1.82) is 0 Å². The highest BCUT2D eigenvalue weighted by Gasteiger charge is 2.35. The number of allylic oxidation sites excluding steroid dienone is 4. The van der Waals surface area contributed by atoms with Crippen LogP contribution in [0.2, 0.25) is 0 Å². The Bertz CT molecular complexity index is 2090. The highest BCUT2D eigenvalue weighted by Crippen LogP contribution is 2.49. The average Bonchev–Trinajstić information content (AvgIpc) is 3.40. The zero-order valence-corrected chi connectivity index (χ0v) is 24.7. The molecule has 6 aromatic rings. The summed E-state index contributed by atoms with van der Waals surface area (Å²) in [5, 5.41) is 0. The zero-order chi connectivity index (χ0) is 30.2. The van der Waals surface area contributed by atoms with Crippen LogP contribution >= 0.6 is 0 Å². The summed E-state index contributed by atoms with van der Waals surface area (Å²) in [5.41, 5.74) is 12.5. The van der Waals surface area contributed by atoms with E-state index in [1.807, 2.05) is 103 Å². The van der Waals surface area contributed by atoms with Crippen molar-refractivity contribution >= 4 is 28.1 Å². The monoisotopic (exact) mass is 578 g/mol. The fraction of sp³-hybridized carbons (Fsp3) is 0.0465. The number of benzene rings is 6. The number of hydrogen-bond donors (Lipinski definition) is 0. The van der Waals surface area contributed by atoms with E-state index in [2.05, 4.69) is 54.6 Å². The molecule has 0 fully saturated rings. The third kappa shape index (κ3) is 5.01. The van der Waals surface area contributed by atoms with Crippen molar-refractivity contribution in [2.75, 3.05) is 0 Å². The lowest BCUT2D eigenvalue weighted by molar-refractivity contribution is -0.108. The molecule has 0 amide bonds. The van der Waals surface area contributed by atoms with Gasteiger partial charge < -0.3 is 4.74 Å². The normalized spacial score (nSPS) is 13.9. The quantitative estimate of drug-likeness (QED) is 0.188. The molecule has 0 radical (unpaired) electrons. The third-order valence-electron chi connectivity index (χ3n) is 8.83. The van der Waals surface area contributed by atoms with E-state index in [1.165, 1.54) is 35.1 Å². The molecular formula is C43H30O2. The van der Waals surface area contributed by atoms with Crippen LogP contribution in [-0.2, 0) is 17.6 Å². The van der Waals surface area contributed by atoms with E-state index in [-0.39, 0.29) is 5.78 Å². The molecule has 0 heterocycles. The molecule has 2 aliphatic rings. The van der Waals surface area contributed by atoms with Gasteiger partial charge in [-0.05, 0) is 81.6 Å². The van der Waals surface area contributed by atoms with E-state index in [4.69, 9.17) is 4.74 Å². The summed E-state index contributed by atoms with van der Waals surface area (Å²) in [5.74, 6) is 1.56. The minimum atomic E-state index is 0.0365.